The Hall–Kier alpha value is -2.49. The molecule has 1 unspecified atom stereocenters. The van der Waals surface area contributed by atoms with Crippen molar-refractivity contribution in [1.82, 2.24) is 9.97 Å². The van der Waals surface area contributed by atoms with Gasteiger partial charge in [-0.05, 0) is 23.8 Å². The average Bonchev–Trinajstić information content (AvgIpc) is 3.03. The zero-order chi connectivity index (χ0) is 18.0. The zero-order valence-electron chi connectivity index (χ0n) is 12.7. The third-order valence-corrected chi connectivity index (χ3v) is 4.06. The largest absolute Gasteiger partial charge is 0.433 e. The van der Waals surface area contributed by atoms with E-state index in [0.29, 0.717) is 16.4 Å². The van der Waals surface area contributed by atoms with Crippen LogP contribution >= 0.6 is 11.3 Å². The van der Waals surface area contributed by atoms with Crippen molar-refractivity contribution in [3.05, 3.63) is 59.1 Å². The van der Waals surface area contributed by atoms with E-state index in [1.807, 2.05) is 0 Å². The van der Waals surface area contributed by atoms with Crippen molar-refractivity contribution in [1.29, 1.82) is 0 Å². The molecule has 0 aliphatic carbocycles. The van der Waals surface area contributed by atoms with Gasteiger partial charge in [-0.15, -0.1) is 11.3 Å². The van der Waals surface area contributed by atoms with Crippen molar-refractivity contribution >= 4 is 22.3 Å². The van der Waals surface area contributed by atoms with Crippen LogP contribution in [-0.4, -0.2) is 15.1 Å². The lowest BCUT2D eigenvalue weighted by molar-refractivity contribution is -0.141. The van der Waals surface area contributed by atoms with Crippen molar-refractivity contribution < 1.29 is 18.3 Å². The molecule has 0 saturated carbocycles. The molecule has 0 bridgehead atoms. The number of nitrogens with two attached hydrogens (primary N) is 1. The number of anilines is 2. The summed E-state index contributed by atoms with van der Waals surface area (Å²) in [5.74, 6) is 0.0573. The second-order valence-corrected chi connectivity index (χ2v) is 6.00. The smallest absolute Gasteiger partial charge is 0.375 e. The van der Waals surface area contributed by atoms with Crippen molar-refractivity contribution in [3.63, 3.8) is 0 Å². The Morgan fingerprint density at radius 3 is 2.60 bits per heavy atom. The summed E-state index contributed by atoms with van der Waals surface area (Å²) in [4.78, 5) is 7.87. The van der Waals surface area contributed by atoms with E-state index in [-0.39, 0.29) is 5.82 Å². The van der Waals surface area contributed by atoms with Gasteiger partial charge in [-0.25, -0.2) is 9.97 Å². The van der Waals surface area contributed by atoms with Crippen LogP contribution in [0.3, 0.4) is 0 Å². The standard InChI is InChI=1S/C16H13F3N4OS/c17-16(18,19)12-5-2-6-13(22-12)23-15-21-11(8-25-15)9-3-1-4-10(7-9)14(20)24/h1-8,14,24H,20H2,(H,21,22,23). The minimum Gasteiger partial charge on any atom is -0.375 e. The first-order valence-corrected chi connectivity index (χ1v) is 8.02. The average molecular weight is 366 g/mol. The van der Waals surface area contributed by atoms with E-state index in [2.05, 4.69) is 15.3 Å². The monoisotopic (exact) mass is 366 g/mol. The highest BCUT2D eigenvalue weighted by Gasteiger charge is 2.32. The Morgan fingerprint density at radius 1 is 1.12 bits per heavy atom. The maximum Gasteiger partial charge on any atom is 0.433 e. The summed E-state index contributed by atoms with van der Waals surface area (Å²) in [6, 6.07) is 10.5. The molecule has 3 rings (SSSR count). The Kier molecular flexibility index (Phi) is 4.71. The highest BCUT2D eigenvalue weighted by Crippen LogP contribution is 2.30. The predicted molar refractivity (Wildman–Crippen MR) is 89.2 cm³/mol. The van der Waals surface area contributed by atoms with Crippen molar-refractivity contribution in [2.24, 2.45) is 5.73 Å². The number of aliphatic hydroxyl groups is 1. The Morgan fingerprint density at radius 2 is 1.88 bits per heavy atom. The second-order valence-electron chi connectivity index (χ2n) is 5.14. The molecular formula is C16H13F3N4OS. The molecule has 2 aromatic heterocycles. The molecule has 1 aromatic carbocycles. The maximum absolute atomic E-state index is 12.7. The number of hydrogen-bond donors (Lipinski definition) is 3. The summed E-state index contributed by atoms with van der Waals surface area (Å²) in [6.45, 7) is 0. The van der Waals surface area contributed by atoms with Gasteiger partial charge in [-0.3, -0.25) is 0 Å². The molecule has 0 fully saturated rings. The van der Waals surface area contributed by atoms with Gasteiger partial charge in [0.2, 0.25) is 0 Å². The van der Waals surface area contributed by atoms with Gasteiger partial charge >= 0.3 is 6.18 Å². The van der Waals surface area contributed by atoms with Gasteiger partial charge in [0.25, 0.3) is 0 Å². The van der Waals surface area contributed by atoms with Crippen LogP contribution in [0, 0.1) is 0 Å². The van der Waals surface area contributed by atoms with E-state index >= 15 is 0 Å². The molecule has 0 aliphatic rings. The number of pyridine rings is 1. The van der Waals surface area contributed by atoms with Crippen LogP contribution in [0.15, 0.2) is 47.8 Å². The van der Waals surface area contributed by atoms with E-state index in [1.165, 1.54) is 23.5 Å². The molecule has 0 radical (unpaired) electrons. The third-order valence-electron chi connectivity index (χ3n) is 3.30. The van der Waals surface area contributed by atoms with Gasteiger partial charge in [0, 0.05) is 10.9 Å². The highest BCUT2D eigenvalue weighted by atomic mass is 32.1. The first-order valence-electron chi connectivity index (χ1n) is 7.14. The molecule has 25 heavy (non-hydrogen) atoms. The zero-order valence-corrected chi connectivity index (χ0v) is 13.5. The van der Waals surface area contributed by atoms with Crippen LogP contribution in [0.1, 0.15) is 17.5 Å². The molecule has 0 aliphatic heterocycles. The van der Waals surface area contributed by atoms with Crippen LogP contribution in [0.2, 0.25) is 0 Å². The number of aromatic nitrogens is 2. The van der Waals surface area contributed by atoms with E-state index in [4.69, 9.17) is 5.73 Å². The minimum atomic E-state index is -4.50. The molecule has 0 amide bonds. The van der Waals surface area contributed by atoms with Gasteiger partial charge in [-0.1, -0.05) is 24.3 Å². The maximum atomic E-state index is 12.7. The van der Waals surface area contributed by atoms with Gasteiger partial charge < -0.3 is 16.2 Å². The topological polar surface area (TPSA) is 84.1 Å². The SMILES string of the molecule is NC(O)c1cccc(-c2csc(Nc3cccc(C(F)(F)F)n3)n2)c1. The number of nitrogens with one attached hydrogen (secondary N) is 1. The fraction of sp³-hybridized carbons (Fsp3) is 0.125. The quantitative estimate of drug-likeness (QED) is 0.610. The normalized spacial score (nSPS) is 12.8. The first kappa shape index (κ1) is 17.3. The summed E-state index contributed by atoms with van der Waals surface area (Å²) >= 11 is 1.23. The summed E-state index contributed by atoms with van der Waals surface area (Å²) in [5, 5.41) is 14.4. The number of alkyl halides is 3. The van der Waals surface area contributed by atoms with Crippen LogP contribution in [0.25, 0.3) is 11.3 Å². The van der Waals surface area contributed by atoms with Crippen LogP contribution in [0.5, 0.6) is 0 Å². The first-order chi connectivity index (χ1) is 11.8. The van der Waals surface area contributed by atoms with Crippen molar-refractivity contribution in [2.45, 2.75) is 12.4 Å². The number of rotatable bonds is 4. The lowest BCUT2D eigenvalue weighted by atomic mass is 10.1. The van der Waals surface area contributed by atoms with Crippen LogP contribution in [-0.2, 0) is 6.18 Å². The fourth-order valence-electron chi connectivity index (χ4n) is 2.12. The number of nitrogens with zero attached hydrogens (tertiary/aromatic N) is 2. The van der Waals surface area contributed by atoms with Gasteiger partial charge in [0.05, 0.1) is 5.69 Å². The van der Waals surface area contributed by atoms with E-state index in [0.717, 1.165) is 11.6 Å². The number of benzene rings is 1. The minimum absolute atomic E-state index is 0.0573. The van der Waals surface area contributed by atoms with E-state index in [1.54, 1.807) is 29.6 Å². The number of halogens is 3. The van der Waals surface area contributed by atoms with E-state index < -0.39 is 18.1 Å². The predicted octanol–water partition coefficient (Wildman–Crippen LogP) is 3.92. The fourth-order valence-corrected chi connectivity index (χ4v) is 2.84. The summed E-state index contributed by atoms with van der Waals surface area (Å²) in [5.41, 5.74) is 6.36. The molecule has 130 valence electrons. The Bertz CT molecular complexity index is 880. The molecule has 4 N–H and O–H groups in total. The summed E-state index contributed by atoms with van der Waals surface area (Å²) in [6.07, 6.45) is -5.60. The molecule has 2 heterocycles. The molecular weight excluding hydrogens is 353 g/mol. The van der Waals surface area contributed by atoms with Crippen LogP contribution < -0.4 is 11.1 Å². The molecule has 3 aromatic rings. The molecule has 5 nitrogen and oxygen atoms in total. The van der Waals surface area contributed by atoms with Crippen molar-refractivity contribution in [3.8, 4) is 11.3 Å². The summed E-state index contributed by atoms with van der Waals surface area (Å²) in [7, 11) is 0. The number of hydrogen-bond acceptors (Lipinski definition) is 6. The lowest BCUT2D eigenvalue weighted by Crippen LogP contribution is -2.08. The number of thiazole rings is 1. The van der Waals surface area contributed by atoms with E-state index in [9.17, 15) is 18.3 Å². The Balaban J connectivity index is 1.82. The highest BCUT2D eigenvalue weighted by molar-refractivity contribution is 7.14. The molecule has 0 spiro atoms. The second kappa shape index (κ2) is 6.79. The van der Waals surface area contributed by atoms with Gasteiger partial charge in [0.15, 0.2) is 5.13 Å². The molecule has 0 saturated heterocycles. The number of aliphatic hydroxyl groups excluding tert-OH is 1. The third kappa shape index (κ3) is 4.13. The van der Waals surface area contributed by atoms with Gasteiger partial charge in [-0.2, -0.15) is 13.2 Å². The Labute approximate surface area is 145 Å². The lowest BCUT2D eigenvalue weighted by Gasteiger charge is -2.08. The molecule has 1 atom stereocenters. The van der Waals surface area contributed by atoms with Crippen LogP contribution in [0.4, 0.5) is 24.1 Å². The van der Waals surface area contributed by atoms with Crippen molar-refractivity contribution in [2.75, 3.05) is 5.32 Å². The molecule has 9 heteroatoms. The summed E-state index contributed by atoms with van der Waals surface area (Å²) < 4.78 is 38.1. The van der Waals surface area contributed by atoms with Gasteiger partial charge in [0.1, 0.15) is 17.7 Å².